The molecule has 23 heavy (non-hydrogen) atoms. The number of hydrogen-bond acceptors (Lipinski definition) is 2. The SMILES string of the molecule is CCN=C(NC1C2CCOC2C12CCC2)N1CC(C)CC(C)C1. The predicted molar refractivity (Wildman–Crippen MR) is 93.5 cm³/mol. The monoisotopic (exact) mass is 319 g/mol. The van der Waals surface area contributed by atoms with E-state index in [0.29, 0.717) is 17.6 Å². The van der Waals surface area contributed by atoms with Crippen LogP contribution in [0.1, 0.15) is 52.9 Å². The Bertz CT molecular complexity index is 463. The van der Waals surface area contributed by atoms with Crippen LogP contribution in [0.4, 0.5) is 0 Å². The Balaban J connectivity index is 1.49. The van der Waals surface area contributed by atoms with E-state index < -0.39 is 0 Å². The first-order valence-corrected chi connectivity index (χ1v) is 9.81. The lowest BCUT2D eigenvalue weighted by molar-refractivity contribution is -0.171. The molecule has 2 saturated carbocycles. The summed E-state index contributed by atoms with van der Waals surface area (Å²) in [4.78, 5) is 7.39. The van der Waals surface area contributed by atoms with Gasteiger partial charge in [-0.05, 0) is 44.4 Å². The van der Waals surface area contributed by atoms with E-state index >= 15 is 0 Å². The minimum Gasteiger partial charge on any atom is -0.377 e. The van der Waals surface area contributed by atoms with E-state index in [9.17, 15) is 0 Å². The normalized spacial score (nSPS) is 42.1. The van der Waals surface area contributed by atoms with Crippen LogP contribution in [0, 0.1) is 23.2 Å². The van der Waals surface area contributed by atoms with Crippen LogP contribution in [0.3, 0.4) is 0 Å². The summed E-state index contributed by atoms with van der Waals surface area (Å²) in [5.41, 5.74) is 0.433. The highest BCUT2D eigenvalue weighted by Gasteiger charge is 2.66. The molecule has 5 atom stereocenters. The van der Waals surface area contributed by atoms with Gasteiger partial charge in [-0.1, -0.05) is 20.3 Å². The third-order valence-corrected chi connectivity index (χ3v) is 6.80. The first kappa shape index (κ1) is 15.7. The molecule has 4 aliphatic rings. The second-order valence-electron chi connectivity index (χ2n) is 8.60. The molecular weight excluding hydrogens is 286 g/mol. The second-order valence-corrected chi connectivity index (χ2v) is 8.60. The number of piperidine rings is 1. The number of likely N-dealkylation sites (tertiary alicyclic amines) is 1. The molecule has 4 rings (SSSR count). The van der Waals surface area contributed by atoms with Crippen molar-refractivity contribution in [3.8, 4) is 0 Å². The highest BCUT2D eigenvalue weighted by molar-refractivity contribution is 5.81. The molecule has 2 aliphatic carbocycles. The summed E-state index contributed by atoms with van der Waals surface area (Å²) < 4.78 is 6.07. The predicted octanol–water partition coefficient (Wildman–Crippen LogP) is 2.89. The van der Waals surface area contributed by atoms with Gasteiger partial charge in [0.05, 0.1) is 6.10 Å². The van der Waals surface area contributed by atoms with Crippen molar-refractivity contribution in [3.05, 3.63) is 0 Å². The summed E-state index contributed by atoms with van der Waals surface area (Å²) in [6.07, 6.45) is 7.19. The van der Waals surface area contributed by atoms with Gasteiger partial charge in [0.2, 0.25) is 0 Å². The van der Waals surface area contributed by atoms with Gasteiger partial charge >= 0.3 is 0 Å². The average Bonchev–Trinajstić information content (AvgIpc) is 2.85. The molecule has 1 spiro atoms. The van der Waals surface area contributed by atoms with Crippen molar-refractivity contribution >= 4 is 5.96 Å². The fourth-order valence-corrected chi connectivity index (χ4v) is 5.82. The van der Waals surface area contributed by atoms with Crippen molar-refractivity contribution in [2.45, 2.75) is 65.0 Å². The lowest BCUT2D eigenvalue weighted by Crippen LogP contribution is -2.73. The van der Waals surface area contributed by atoms with Crippen molar-refractivity contribution in [2.24, 2.45) is 28.2 Å². The smallest absolute Gasteiger partial charge is 0.194 e. The molecule has 0 amide bonds. The van der Waals surface area contributed by atoms with Crippen LogP contribution in [0.2, 0.25) is 0 Å². The molecule has 5 unspecified atom stereocenters. The molecule has 1 N–H and O–H groups in total. The van der Waals surface area contributed by atoms with Crippen molar-refractivity contribution < 1.29 is 4.74 Å². The Labute approximate surface area is 141 Å². The van der Waals surface area contributed by atoms with Crippen molar-refractivity contribution in [2.75, 3.05) is 26.2 Å². The summed E-state index contributed by atoms with van der Waals surface area (Å²) in [6, 6.07) is 0.599. The van der Waals surface area contributed by atoms with E-state index in [1.807, 2.05) is 0 Å². The highest BCUT2D eigenvalue weighted by atomic mass is 16.5. The lowest BCUT2D eigenvalue weighted by Gasteiger charge is -2.63. The number of nitrogens with zero attached hydrogens (tertiary/aromatic N) is 2. The van der Waals surface area contributed by atoms with Crippen molar-refractivity contribution in [3.63, 3.8) is 0 Å². The van der Waals surface area contributed by atoms with Gasteiger partial charge in [-0.2, -0.15) is 0 Å². The Morgan fingerprint density at radius 1 is 1.26 bits per heavy atom. The molecule has 2 heterocycles. The van der Waals surface area contributed by atoms with Crippen LogP contribution in [0.25, 0.3) is 0 Å². The Kier molecular flexibility index (Phi) is 4.07. The lowest BCUT2D eigenvalue weighted by atomic mass is 9.46. The van der Waals surface area contributed by atoms with Crippen LogP contribution in [0.15, 0.2) is 4.99 Å². The highest BCUT2D eigenvalue weighted by Crippen LogP contribution is 2.62. The fraction of sp³-hybridized carbons (Fsp3) is 0.947. The van der Waals surface area contributed by atoms with Gasteiger partial charge in [0.1, 0.15) is 0 Å². The number of guanidine groups is 1. The summed E-state index contributed by atoms with van der Waals surface area (Å²) in [5, 5.41) is 3.93. The molecule has 0 bridgehead atoms. The number of nitrogens with one attached hydrogen (secondary N) is 1. The molecule has 130 valence electrons. The second kappa shape index (κ2) is 5.94. The van der Waals surface area contributed by atoms with Crippen LogP contribution < -0.4 is 5.32 Å². The van der Waals surface area contributed by atoms with Crippen LogP contribution in [-0.2, 0) is 4.74 Å². The molecular formula is C19H33N3O. The summed E-state index contributed by atoms with van der Waals surface area (Å²) in [5.74, 6) is 3.43. The standard InChI is InChI=1S/C19H33N3O/c1-4-20-18(22-11-13(2)10-14(3)12-22)21-16-15-6-9-23-17(15)19(16)7-5-8-19/h13-17H,4-12H2,1-3H3,(H,20,21). The van der Waals surface area contributed by atoms with E-state index in [1.165, 1.54) is 38.1 Å². The van der Waals surface area contributed by atoms with Gasteiger partial charge in [-0.25, -0.2) is 0 Å². The maximum atomic E-state index is 6.07. The number of rotatable bonds is 2. The average molecular weight is 319 g/mol. The first-order chi connectivity index (χ1) is 11.1. The van der Waals surface area contributed by atoms with E-state index in [0.717, 1.165) is 44.0 Å². The molecule has 0 aromatic heterocycles. The quantitative estimate of drug-likeness (QED) is 0.628. The number of fused-ring (bicyclic) bond motifs is 2. The maximum absolute atomic E-state index is 6.07. The Hall–Kier alpha value is -0.770. The molecule has 0 aromatic rings. The first-order valence-electron chi connectivity index (χ1n) is 9.81. The van der Waals surface area contributed by atoms with Gasteiger partial charge in [0.15, 0.2) is 5.96 Å². The van der Waals surface area contributed by atoms with Crippen LogP contribution in [0.5, 0.6) is 0 Å². The zero-order valence-electron chi connectivity index (χ0n) is 15.1. The van der Waals surface area contributed by atoms with E-state index in [1.54, 1.807) is 0 Å². The summed E-state index contributed by atoms with van der Waals surface area (Å²) in [6.45, 7) is 11.0. The van der Waals surface area contributed by atoms with Crippen molar-refractivity contribution in [1.82, 2.24) is 10.2 Å². The van der Waals surface area contributed by atoms with Gasteiger partial charge in [-0.3, -0.25) is 4.99 Å². The van der Waals surface area contributed by atoms with E-state index in [-0.39, 0.29) is 0 Å². The number of hydrogen-bond donors (Lipinski definition) is 1. The summed E-state index contributed by atoms with van der Waals surface area (Å²) in [7, 11) is 0. The van der Waals surface area contributed by atoms with Gasteiger partial charge in [-0.15, -0.1) is 0 Å². The molecule has 4 nitrogen and oxygen atoms in total. The van der Waals surface area contributed by atoms with Gasteiger partial charge in [0, 0.05) is 43.6 Å². The Morgan fingerprint density at radius 2 is 2.00 bits per heavy atom. The van der Waals surface area contributed by atoms with E-state index in [2.05, 4.69) is 31.0 Å². The Morgan fingerprint density at radius 3 is 2.61 bits per heavy atom. The van der Waals surface area contributed by atoms with E-state index in [4.69, 9.17) is 9.73 Å². The molecule has 2 aliphatic heterocycles. The molecule has 4 heteroatoms. The largest absolute Gasteiger partial charge is 0.377 e. The molecule has 2 saturated heterocycles. The molecule has 0 aromatic carbocycles. The fourth-order valence-electron chi connectivity index (χ4n) is 5.82. The third kappa shape index (κ3) is 2.48. The summed E-state index contributed by atoms with van der Waals surface area (Å²) >= 11 is 0. The maximum Gasteiger partial charge on any atom is 0.194 e. The van der Waals surface area contributed by atoms with Gasteiger partial charge in [0.25, 0.3) is 0 Å². The topological polar surface area (TPSA) is 36.9 Å². The van der Waals surface area contributed by atoms with Crippen molar-refractivity contribution in [1.29, 1.82) is 0 Å². The molecule has 4 fully saturated rings. The molecule has 0 radical (unpaired) electrons. The third-order valence-electron chi connectivity index (χ3n) is 6.80. The number of aliphatic imine (C=N–C) groups is 1. The zero-order valence-corrected chi connectivity index (χ0v) is 15.1. The van der Waals surface area contributed by atoms with Crippen LogP contribution in [-0.4, -0.2) is 49.2 Å². The van der Waals surface area contributed by atoms with Crippen LogP contribution >= 0.6 is 0 Å². The minimum absolute atomic E-state index is 0.433. The zero-order chi connectivity index (χ0) is 16.0. The van der Waals surface area contributed by atoms with Gasteiger partial charge < -0.3 is 15.0 Å². The minimum atomic E-state index is 0.433. The number of ether oxygens (including phenoxy) is 1.